The summed E-state index contributed by atoms with van der Waals surface area (Å²) in [7, 11) is -11.5. The van der Waals surface area contributed by atoms with E-state index in [1.54, 1.807) is 31.2 Å². The third-order valence-electron chi connectivity index (χ3n) is 33.4. The molecule has 3 unspecified atom stereocenters. The van der Waals surface area contributed by atoms with E-state index in [4.69, 9.17) is 42.6 Å². The van der Waals surface area contributed by atoms with Gasteiger partial charge in [-0.2, -0.15) is 0 Å². The predicted molar refractivity (Wildman–Crippen MR) is 532 cm³/mol. The van der Waals surface area contributed by atoms with E-state index in [0.29, 0.717) is 85.5 Å². The number of fused-ring (bicyclic) bond motifs is 5. The zero-order chi connectivity index (χ0) is 107. The molecule has 15 atom stereocenters. The van der Waals surface area contributed by atoms with Gasteiger partial charge in [-0.05, 0) is 201 Å². The van der Waals surface area contributed by atoms with Crippen molar-refractivity contribution in [2.75, 3.05) is 33.2 Å². The summed E-state index contributed by atoms with van der Waals surface area (Å²) in [4.78, 5) is 201. The molecule has 8 aliphatic heterocycles. The van der Waals surface area contributed by atoms with Gasteiger partial charge in [-0.15, -0.1) is 13.2 Å². The van der Waals surface area contributed by atoms with Crippen molar-refractivity contribution < 1.29 is 139 Å². The number of Topliss-reactive ketones (excluding diaryl/α,β-unsaturated/α-hetero) is 3. The van der Waals surface area contributed by atoms with Crippen LogP contribution in [-0.2, 0) is 146 Å². The Kier molecular flexibility index (Phi) is 30.7. The van der Waals surface area contributed by atoms with E-state index in [0.717, 1.165) is 73.6 Å². The highest BCUT2D eigenvalue weighted by Crippen LogP contribution is 2.61. The van der Waals surface area contributed by atoms with Gasteiger partial charge >= 0.3 is 30.2 Å². The number of esters is 2. The summed E-state index contributed by atoms with van der Waals surface area (Å²) in [6, 6.07) is 8.97. The maximum atomic E-state index is 14.6. The van der Waals surface area contributed by atoms with Crippen LogP contribution in [0.4, 0.5) is 18.8 Å². The second kappa shape index (κ2) is 42.0. The number of nitrogens with zero attached hydrogens (tertiary/aromatic N) is 6. The number of likely N-dealkylation sites (tertiary alicyclic amines) is 3. The van der Waals surface area contributed by atoms with E-state index in [-0.39, 0.29) is 167 Å². The topological polar surface area (TPSA) is 480 Å². The molecule has 3 saturated heterocycles. The number of halogens is 1. The molecule has 3 aromatic carbocycles. The van der Waals surface area contributed by atoms with E-state index in [9.17, 15) is 96.8 Å². The minimum atomic E-state index is -3.87. The highest BCUT2D eigenvalue weighted by Gasteiger charge is 2.66. The van der Waals surface area contributed by atoms with Crippen LogP contribution in [0.25, 0.3) is 0 Å². The van der Waals surface area contributed by atoms with Crippen molar-refractivity contribution in [3.8, 4) is 23.0 Å². The monoisotopic (exact) mass is 2130 g/mol. The average Bonchev–Trinajstić information content (AvgIpc) is 1.57. The first-order chi connectivity index (χ1) is 70.2. The normalized spacial score (nSPS) is 27.0. The Morgan fingerprint density at radius 1 is 0.430 bits per heavy atom. The number of hydrogen-bond acceptors (Lipinski definition) is 29. The van der Waals surface area contributed by atoms with Gasteiger partial charge in [-0.25, -0.2) is 44.0 Å². The van der Waals surface area contributed by atoms with Crippen molar-refractivity contribution in [3.05, 3.63) is 107 Å². The van der Waals surface area contributed by atoms with E-state index < -0.39 is 221 Å². The number of ketones is 3. The van der Waals surface area contributed by atoms with Crippen LogP contribution in [0.2, 0.25) is 0 Å². The molecule has 0 spiro atoms. The summed E-state index contributed by atoms with van der Waals surface area (Å²) in [5, 5.41) is -1.82. The molecule has 812 valence electrons. The number of allylic oxidation sites excluding steroid dienone is 2. The van der Waals surface area contributed by atoms with E-state index in [2.05, 4.69) is 27.3 Å². The number of nitrogens with one attached hydrogen (secondary N) is 3. The molecule has 38 nitrogen and oxygen atoms in total. The fourth-order valence-corrected chi connectivity index (χ4v) is 27.0. The maximum absolute atomic E-state index is 14.6. The van der Waals surface area contributed by atoms with Gasteiger partial charge in [0.05, 0.1) is 101 Å². The van der Waals surface area contributed by atoms with Crippen molar-refractivity contribution >= 4 is 113 Å². The highest BCUT2D eigenvalue weighted by molar-refractivity contribution is 7.91. The van der Waals surface area contributed by atoms with E-state index >= 15 is 0 Å². The Morgan fingerprint density at radius 3 is 1.05 bits per heavy atom. The standard InChI is InChI=1S/C38H51N3O11S.C38H49N3O11S.C31H40FN3O7S/c2*1-5-24-16-38(24,35(45)39-53(47,48)27-10-11-27)17-30(42)29-14-26(52-36(46)40-18-22-12-31-32(50-21-49-31)13-23(22)19-40)20-41(29)34(44)28(37(2,3)4)15-33(43)51-25-8-6-7-9-25;1-6-20-13-31(20,28(38)33-43(40,41)22-10-11-22)14-26(36)25-12-21(16-35(25)27(37)18(2)30(3,4)5)42-29(39)34-15-19-8-7-9-24(32)23(19)17-34/h12-13,24-29H,5-11,14-21H2,1-4H3,(H,39,45);5,12-13,24-29H,1,6-11,14-21H2,2-4H3,(H,39,45);6-9,18,20-22,25H,1,10-17H2,2-5H3,(H,33,38)/t2*24-,26+,28+,29?,38-;18-,20+,21-,25?,31+/m001/s1. The molecular weight excluding hydrogens is 1990 g/mol. The number of hydrogen-bond donors (Lipinski definition) is 3. The SMILES string of the molecule is C=C[C@H]1C[C@@]1(CC(=O)C1C[C@@H](OC(=O)N2Cc3cc4c(cc3C2)OCO4)CN1C(=O)[C@@H](CC(=O)OC1CCCC1)C(C)(C)C)C(=O)NS(=O)(=O)C1CC1.C=C[C@H]1C[C@@]1(CC(=O)C1C[C@@H](OC(=O)N2Cc3cccc(F)c3C2)CN1C(=O)[C@@H](C)C(C)(C)C)C(=O)NS(=O)(=O)C1CC1.CC[C@H]1C[C@@]1(CC(=O)C1C[C@@H](OC(=O)N2Cc3cc4c(cc3C2)OCO4)CN1C(=O)[C@@H](CC(=O)OC1CCCC1)C(C)(C)C)C(=O)NS(=O)(=O)C1CC1. The van der Waals surface area contributed by atoms with Gasteiger partial charge in [-0.1, -0.05) is 107 Å². The Balaban J connectivity index is 0.000000153. The van der Waals surface area contributed by atoms with Crippen molar-refractivity contribution in [2.24, 2.45) is 68.0 Å². The average molecular weight is 2130 g/mol. The van der Waals surface area contributed by atoms with Crippen molar-refractivity contribution in [3.63, 3.8) is 0 Å². The first-order valence-electron chi connectivity index (χ1n) is 52.5. The number of sulfonamides is 3. The lowest BCUT2D eigenvalue weighted by Crippen LogP contribution is -2.48. The van der Waals surface area contributed by atoms with Gasteiger partial charge in [0, 0.05) is 82.7 Å². The number of carbonyl (C=O) groups excluding carboxylic acids is 14. The quantitative estimate of drug-likeness (QED) is 0.0290. The molecule has 3 aromatic rings. The van der Waals surface area contributed by atoms with Crippen LogP contribution in [0.1, 0.15) is 276 Å². The van der Waals surface area contributed by atoms with Crippen LogP contribution < -0.4 is 33.1 Å². The molecule has 3 N–H and O–H groups in total. The molecular formula is C107H140FN9O29S3. The van der Waals surface area contributed by atoms with Gasteiger partial charge in [-0.3, -0.25) is 81.6 Å². The zero-order valence-electron chi connectivity index (χ0n) is 86.7. The number of carbonyl (C=O) groups is 14. The molecule has 11 fully saturated rings. The Labute approximate surface area is 869 Å². The molecule has 19 rings (SSSR count). The van der Waals surface area contributed by atoms with Gasteiger partial charge < -0.3 is 57.3 Å². The summed E-state index contributed by atoms with van der Waals surface area (Å²) >= 11 is 0. The maximum Gasteiger partial charge on any atom is 0.410 e. The third kappa shape index (κ3) is 23.8. The number of rotatable bonds is 33. The van der Waals surface area contributed by atoms with Crippen molar-refractivity contribution in [2.45, 2.75) is 347 Å². The summed E-state index contributed by atoms with van der Waals surface area (Å²) in [5.74, 6) is -6.63. The largest absolute Gasteiger partial charge is 0.462 e. The van der Waals surface area contributed by atoms with Crippen LogP contribution in [0.5, 0.6) is 23.0 Å². The van der Waals surface area contributed by atoms with Crippen LogP contribution in [0.15, 0.2) is 67.8 Å². The molecule has 16 aliphatic rings. The lowest BCUT2D eigenvalue weighted by Gasteiger charge is -2.35. The second-order valence-electron chi connectivity index (χ2n) is 47.1. The van der Waals surface area contributed by atoms with Gasteiger partial charge in [0.2, 0.25) is 79.1 Å². The Morgan fingerprint density at radius 2 is 0.752 bits per heavy atom. The molecule has 8 saturated carbocycles. The number of amides is 9. The van der Waals surface area contributed by atoms with Crippen LogP contribution in [0, 0.1) is 73.8 Å². The second-order valence-corrected chi connectivity index (χ2v) is 53.0. The fourth-order valence-electron chi connectivity index (χ4n) is 22.9. The number of benzene rings is 3. The number of ether oxygens (including phenoxy) is 9. The van der Waals surface area contributed by atoms with Crippen LogP contribution in [-0.4, -0.2) is 235 Å². The molecule has 8 heterocycles. The van der Waals surface area contributed by atoms with Gasteiger partial charge in [0.1, 0.15) is 36.3 Å². The van der Waals surface area contributed by atoms with Crippen LogP contribution in [0.3, 0.4) is 0 Å². The lowest BCUT2D eigenvalue weighted by atomic mass is 9.77. The molecule has 0 radical (unpaired) electrons. The van der Waals surface area contributed by atoms with Crippen LogP contribution >= 0.6 is 0 Å². The summed E-state index contributed by atoms with van der Waals surface area (Å²) < 4.78 is 148. The molecule has 149 heavy (non-hydrogen) atoms. The molecule has 8 aliphatic carbocycles. The third-order valence-corrected chi connectivity index (χ3v) is 38.8. The minimum Gasteiger partial charge on any atom is -0.462 e. The highest BCUT2D eigenvalue weighted by atomic mass is 32.2. The fraction of sp³-hybridized carbons (Fsp3) is 0.664. The van der Waals surface area contributed by atoms with Gasteiger partial charge in [0.25, 0.3) is 0 Å². The zero-order valence-corrected chi connectivity index (χ0v) is 89.2. The lowest BCUT2D eigenvalue weighted by molar-refractivity contribution is -0.156. The Hall–Kier alpha value is -11.3. The first-order valence-corrected chi connectivity index (χ1v) is 57.1. The first kappa shape index (κ1) is 109. The molecule has 0 bridgehead atoms. The smallest absolute Gasteiger partial charge is 0.410 e. The molecule has 9 amide bonds. The van der Waals surface area contributed by atoms with Crippen molar-refractivity contribution in [1.82, 2.24) is 43.6 Å². The van der Waals surface area contributed by atoms with Crippen molar-refractivity contribution in [1.29, 1.82) is 0 Å². The van der Waals surface area contributed by atoms with E-state index in [1.165, 1.54) is 35.5 Å². The summed E-state index contributed by atoms with van der Waals surface area (Å²) in [5.41, 5.74) is -0.861. The predicted octanol–water partition coefficient (Wildman–Crippen LogP) is 12.2. The molecule has 0 aromatic heterocycles. The van der Waals surface area contributed by atoms with Gasteiger partial charge in [0.15, 0.2) is 40.3 Å². The summed E-state index contributed by atoms with van der Waals surface area (Å²) in [6.45, 7) is 29.6. The van der Waals surface area contributed by atoms with E-state index in [1.807, 2.05) is 93.5 Å². The Bertz CT molecular complexity index is 6160. The molecule has 42 heteroatoms. The minimum absolute atomic E-state index is 0.00328. The summed E-state index contributed by atoms with van der Waals surface area (Å²) in [6.07, 6.45) is 8.59.